The fourth-order valence-corrected chi connectivity index (χ4v) is 5.48. The molecule has 0 aliphatic heterocycles. The summed E-state index contributed by atoms with van der Waals surface area (Å²) in [6.07, 6.45) is 0. The van der Waals surface area contributed by atoms with Gasteiger partial charge in [0.25, 0.3) is 5.56 Å². The minimum atomic E-state index is -0.102. The standard InChI is InChI=1S/C28H25N7OS/c1-17-15-18(2)34-26(29-17)24(25(32-34)30-20-11-7-5-8-12-20)27-31-22(16-37-27)23-19(3)33(4)35(28(23)36)21-13-9-6-10-14-21/h5-16H,1-4H3,(H,30,32). The first kappa shape index (κ1) is 22.9. The van der Waals surface area contributed by atoms with Gasteiger partial charge in [0, 0.05) is 35.2 Å². The summed E-state index contributed by atoms with van der Waals surface area (Å²) in [7, 11) is 1.89. The third-order valence-corrected chi connectivity index (χ3v) is 7.32. The van der Waals surface area contributed by atoms with Crippen LogP contribution in [0.3, 0.4) is 0 Å². The predicted octanol–water partition coefficient (Wildman–Crippen LogP) is 5.68. The van der Waals surface area contributed by atoms with Crippen molar-refractivity contribution in [3.05, 3.63) is 99.5 Å². The largest absolute Gasteiger partial charge is 0.338 e. The van der Waals surface area contributed by atoms with Gasteiger partial charge in [0.1, 0.15) is 5.01 Å². The molecule has 0 spiro atoms. The van der Waals surface area contributed by atoms with Gasteiger partial charge in [-0.3, -0.25) is 9.48 Å². The lowest BCUT2D eigenvalue weighted by atomic mass is 10.2. The zero-order chi connectivity index (χ0) is 25.7. The first-order valence-electron chi connectivity index (χ1n) is 11.9. The minimum Gasteiger partial charge on any atom is -0.338 e. The van der Waals surface area contributed by atoms with E-state index >= 15 is 0 Å². The summed E-state index contributed by atoms with van der Waals surface area (Å²) in [5.74, 6) is 0.666. The molecule has 6 aromatic rings. The monoisotopic (exact) mass is 507 g/mol. The molecule has 0 amide bonds. The maximum Gasteiger partial charge on any atom is 0.281 e. The van der Waals surface area contributed by atoms with Crippen molar-refractivity contribution in [1.82, 2.24) is 28.9 Å². The van der Waals surface area contributed by atoms with E-state index in [9.17, 15) is 4.79 Å². The molecule has 37 heavy (non-hydrogen) atoms. The maximum absolute atomic E-state index is 13.6. The Balaban J connectivity index is 1.52. The van der Waals surface area contributed by atoms with E-state index in [1.54, 1.807) is 4.68 Å². The summed E-state index contributed by atoms with van der Waals surface area (Å²) in [5, 5.41) is 11.0. The SMILES string of the molecule is Cc1cc(C)n2nc(Nc3ccccc3)c(-c3nc(-c4c(C)n(C)n(-c5ccccc5)c4=O)cs3)c2n1. The second-order valence-corrected chi connectivity index (χ2v) is 9.82. The lowest BCUT2D eigenvalue weighted by Crippen LogP contribution is -2.20. The quantitative estimate of drug-likeness (QED) is 0.325. The summed E-state index contributed by atoms with van der Waals surface area (Å²) in [6, 6.07) is 21.5. The fraction of sp³-hybridized carbons (Fsp3) is 0.143. The molecule has 0 radical (unpaired) electrons. The minimum absolute atomic E-state index is 0.102. The molecule has 0 fully saturated rings. The average Bonchev–Trinajstić information content (AvgIpc) is 3.55. The van der Waals surface area contributed by atoms with Gasteiger partial charge in [0.05, 0.1) is 22.5 Å². The Morgan fingerprint density at radius 2 is 1.59 bits per heavy atom. The van der Waals surface area contributed by atoms with E-state index in [1.165, 1.54) is 11.3 Å². The molecule has 0 aliphatic rings. The second-order valence-electron chi connectivity index (χ2n) is 8.96. The Morgan fingerprint density at radius 3 is 2.32 bits per heavy atom. The van der Waals surface area contributed by atoms with Gasteiger partial charge in [-0.25, -0.2) is 19.2 Å². The van der Waals surface area contributed by atoms with Crippen LogP contribution in [-0.2, 0) is 7.05 Å². The van der Waals surface area contributed by atoms with Crippen LogP contribution < -0.4 is 10.9 Å². The van der Waals surface area contributed by atoms with Crippen molar-refractivity contribution < 1.29 is 0 Å². The van der Waals surface area contributed by atoms with Crippen molar-refractivity contribution in [3.8, 4) is 27.5 Å². The number of anilines is 2. The number of aromatic nitrogens is 6. The summed E-state index contributed by atoms with van der Waals surface area (Å²) in [6.45, 7) is 5.93. The number of para-hydroxylation sites is 2. The van der Waals surface area contributed by atoms with E-state index in [0.29, 0.717) is 17.1 Å². The van der Waals surface area contributed by atoms with Crippen molar-refractivity contribution in [1.29, 1.82) is 0 Å². The van der Waals surface area contributed by atoms with Crippen LogP contribution in [0, 0.1) is 20.8 Å². The van der Waals surface area contributed by atoms with E-state index in [0.717, 1.165) is 44.7 Å². The van der Waals surface area contributed by atoms with Crippen LogP contribution in [0.2, 0.25) is 0 Å². The number of aryl methyl sites for hydroxylation is 2. The van der Waals surface area contributed by atoms with Crippen LogP contribution in [0.4, 0.5) is 11.5 Å². The van der Waals surface area contributed by atoms with Gasteiger partial charge < -0.3 is 5.32 Å². The zero-order valence-corrected chi connectivity index (χ0v) is 21.7. The molecule has 0 saturated carbocycles. The van der Waals surface area contributed by atoms with Crippen molar-refractivity contribution in [3.63, 3.8) is 0 Å². The molecule has 0 bridgehead atoms. The van der Waals surface area contributed by atoms with Crippen LogP contribution in [0.25, 0.3) is 33.2 Å². The van der Waals surface area contributed by atoms with Crippen LogP contribution in [0.1, 0.15) is 17.1 Å². The van der Waals surface area contributed by atoms with Crippen molar-refractivity contribution >= 4 is 28.5 Å². The molecule has 0 atom stereocenters. The van der Waals surface area contributed by atoms with E-state index < -0.39 is 0 Å². The number of fused-ring (bicyclic) bond motifs is 1. The Morgan fingerprint density at radius 1 is 0.892 bits per heavy atom. The van der Waals surface area contributed by atoms with Crippen molar-refractivity contribution in [2.45, 2.75) is 20.8 Å². The summed E-state index contributed by atoms with van der Waals surface area (Å²) in [4.78, 5) is 23.4. The lowest BCUT2D eigenvalue weighted by molar-refractivity contribution is 0.630. The third kappa shape index (κ3) is 3.84. The molecule has 4 aromatic heterocycles. The number of hydrogen-bond donors (Lipinski definition) is 1. The van der Waals surface area contributed by atoms with Crippen LogP contribution in [-0.4, -0.2) is 28.9 Å². The lowest BCUT2D eigenvalue weighted by Gasteiger charge is -2.07. The molecule has 8 nitrogen and oxygen atoms in total. The molecular formula is C28H25N7OS. The summed E-state index contributed by atoms with van der Waals surface area (Å²) in [5.41, 5.74) is 7.12. The molecule has 0 saturated heterocycles. The topological polar surface area (TPSA) is 82.0 Å². The molecule has 4 heterocycles. The number of benzene rings is 2. The van der Waals surface area contributed by atoms with Crippen molar-refractivity contribution in [2.24, 2.45) is 7.05 Å². The molecule has 184 valence electrons. The Bertz CT molecular complexity index is 1810. The highest BCUT2D eigenvalue weighted by Gasteiger charge is 2.24. The number of nitrogens with one attached hydrogen (secondary N) is 1. The van der Waals surface area contributed by atoms with Crippen LogP contribution >= 0.6 is 11.3 Å². The molecule has 0 unspecified atom stereocenters. The Kier molecular flexibility index (Phi) is 5.49. The summed E-state index contributed by atoms with van der Waals surface area (Å²) >= 11 is 1.48. The average molecular weight is 508 g/mol. The number of nitrogens with zero attached hydrogens (tertiary/aromatic N) is 6. The fourth-order valence-electron chi connectivity index (χ4n) is 4.63. The van der Waals surface area contributed by atoms with Gasteiger partial charge in [-0.1, -0.05) is 36.4 Å². The second kappa shape index (κ2) is 8.86. The van der Waals surface area contributed by atoms with E-state index in [2.05, 4.69) is 5.32 Å². The van der Waals surface area contributed by atoms with Gasteiger partial charge in [-0.2, -0.15) is 0 Å². The van der Waals surface area contributed by atoms with E-state index in [4.69, 9.17) is 15.1 Å². The molecular weight excluding hydrogens is 482 g/mol. The van der Waals surface area contributed by atoms with Crippen LogP contribution in [0.15, 0.2) is 76.9 Å². The first-order chi connectivity index (χ1) is 17.9. The maximum atomic E-state index is 13.6. The first-order valence-corrected chi connectivity index (χ1v) is 12.8. The Labute approximate surface area is 217 Å². The van der Waals surface area contributed by atoms with Gasteiger partial charge >= 0.3 is 0 Å². The normalized spacial score (nSPS) is 11.4. The highest BCUT2D eigenvalue weighted by molar-refractivity contribution is 7.13. The number of rotatable bonds is 5. The molecule has 9 heteroatoms. The molecule has 6 rings (SSSR count). The van der Waals surface area contributed by atoms with Gasteiger partial charge in [-0.15, -0.1) is 16.4 Å². The predicted molar refractivity (Wildman–Crippen MR) is 148 cm³/mol. The summed E-state index contributed by atoms with van der Waals surface area (Å²) < 4.78 is 5.39. The molecule has 2 aromatic carbocycles. The van der Waals surface area contributed by atoms with Gasteiger partial charge in [0.15, 0.2) is 11.5 Å². The van der Waals surface area contributed by atoms with E-state index in [-0.39, 0.29) is 5.56 Å². The van der Waals surface area contributed by atoms with Gasteiger partial charge in [0.2, 0.25) is 0 Å². The third-order valence-electron chi connectivity index (χ3n) is 6.46. The van der Waals surface area contributed by atoms with E-state index in [1.807, 2.05) is 109 Å². The Hall–Kier alpha value is -4.50. The highest BCUT2D eigenvalue weighted by Crippen LogP contribution is 2.37. The van der Waals surface area contributed by atoms with Crippen molar-refractivity contribution in [2.75, 3.05) is 5.32 Å². The molecule has 1 N–H and O–H groups in total. The van der Waals surface area contributed by atoms with Crippen LogP contribution in [0.5, 0.6) is 0 Å². The van der Waals surface area contributed by atoms with Gasteiger partial charge in [-0.05, 0) is 51.1 Å². The smallest absolute Gasteiger partial charge is 0.281 e. The number of hydrogen-bond acceptors (Lipinski definition) is 6. The molecule has 0 aliphatic carbocycles. The highest BCUT2D eigenvalue weighted by atomic mass is 32.1. The number of thiazole rings is 1. The zero-order valence-electron chi connectivity index (χ0n) is 20.9.